The van der Waals surface area contributed by atoms with Crippen LogP contribution in [0.3, 0.4) is 0 Å². The third-order valence-electron chi connectivity index (χ3n) is 3.14. The molecule has 0 radical (unpaired) electrons. The van der Waals surface area contributed by atoms with Gasteiger partial charge in [-0.05, 0) is 26.3 Å². The molecular formula is C16H22N4O. The fraction of sp³-hybridized carbons (Fsp3) is 0.438. The largest absolute Gasteiger partial charge is 0.354 e. The van der Waals surface area contributed by atoms with E-state index in [1.165, 1.54) is 0 Å². The van der Waals surface area contributed by atoms with Crippen molar-refractivity contribution in [1.29, 1.82) is 0 Å². The van der Waals surface area contributed by atoms with E-state index in [1.54, 1.807) is 0 Å². The number of benzene rings is 1. The van der Waals surface area contributed by atoms with E-state index in [4.69, 9.17) is 0 Å². The number of nitrogens with one attached hydrogen (secondary N) is 2. The van der Waals surface area contributed by atoms with Crippen molar-refractivity contribution in [3.05, 3.63) is 35.4 Å². The van der Waals surface area contributed by atoms with Crippen LogP contribution in [0, 0.1) is 0 Å². The lowest BCUT2D eigenvalue weighted by atomic mass is 10.1. The predicted octanol–water partition coefficient (Wildman–Crippen LogP) is 1.87. The Morgan fingerprint density at radius 3 is 2.71 bits per heavy atom. The highest BCUT2D eigenvalue weighted by Crippen LogP contribution is 2.08. The molecular weight excluding hydrogens is 264 g/mol. The zero-order valence-electron chi connectivity index (χ0n) is 12.8. The Morgan fingerprint density at radius 2 is 2.05 bits per heavy atom. The highest BCUT2D eigenvalue weighted by Gasteiger charge is 2.08. The standard InChI is InChI=1S/C16H22N4O/c1-11(2)18-15(21)10-13-4-6-14(7-5-13)16-17-9-8-12(3)19-20-16/h4-7,11H,8-10H2,1-3H3,(H,17,20)(H,18,21). The summed E-state index contributed by atoms with van der Waals surface area (Å²) >= 11 is 0. The monoisotopic (exact) mass is 286 g/mol. The van der Waals surface area contributed by atoms with Gasteiger partial charge in [-0.2, -0.15) is 5.10 Å². The van der Waals surface area contributed by atoms with Crippen molar-refractivity contribution in [2.24, 2.45) is 10.1 Å². The molecule has 0 saturated heterocycles. The summed E-state index contributed by atoms with van der Waals surface area (Å²) in [5.74, 6) is 0.827. The molecule has 0 fully saturated rings. The van der Waals surface area contributed by atoms with Crippen LogP contribution < -0.4 is 10.7 Å². The van der Waals surface area contributed by atoms with E-state index in [9.17, 15) is 4.79 Å². The van der Waals surface area contributed by atoms with Gasteiger partial charge in [0.1, 0.15) is 5.84 Å². The van der Waals surface area contributed by atoms with Crippen LogP contribution in [0.25, 0.3) is 0 Å². The first-order chi connectivity index (χ1) is 10.0. The Morgan fingerprint density at radius 1 is 1.33 bits per heavy atom. The van der Waals surface area contributed by atoms with E-state index in [2.05, 4.69) is 20.8 Å². The molecule has 1 aromatic rings. The van der Waals surface area contributed by atoms with Gasteiger partial charge in [0.25, 0.3) is 0 Å². The Bertz CT molecular complexity index is 558. The van der Waals surface area contributed by atoms with E-state index in [-0.39, 0.29) is 11.9 Å². The van der Waals surface area contributed by atoms with Gasteiger partial charge in [0.15, 0.2) is 0 Å². The van der Waals surface area contributed by atoms with Crippen LogP contribution in [0.2, 0.25) is 0 Å². The molecule has 5 heteroatoms. The summed E-state index contributed by atoms with van der Waals surface area (Å²) in [5.41, 5.74) is 6.02. The summed E-state index contributed by atoms with van der Waals surface area (Å²) in [4.78, 5) is 16.2. The summed E-state index contributed by atoms with van der Waals surface area (Å²) in [6, 6.07) is 8.03. The minimum atomic E-state index is 0.0444. The summed E-state index contributed by atoms with van der Waals surface area (Å²) in [5, 5.41) is 7.15. The molecule has 0 aliphatic carbocycles. The van der Waals surface area contributed by atoms with Crippen molar-refractivity contribution in [3.8, 4) is 0 Å². The van der Waals surface area contributed by atoms with Crippen LogP contribution in [0.1, 0.15) is 38.3 Å². The second kappa shape index (κ2) is 7.02. The number of hydrogen-bond donors (Lipinski definition) is 2. The molecule has 0 atom stereocenters. The van der Waals surface area contributed by atoms with Gasteiger partial charge in [0.05, 0.1) is 6.42 Å². The number of amidine groups is 1. The second-order valence-electron chi connectivity index (χ2n) is 5.54. The van der Waals surface area contributed by atoms with E-state index in [0.717, 1.165) is 35.6 Å². The number of rotatable bonds is 4. The predicted molar refractivity (Wildman–Crippen MR) is 85.7 cm³/mol. The first-order valence-electron chi connectivity index (χ1n) is 7.27. The van der Waals surface area contributed by atoms with Gasteiger partial charge in [-0.3, -0.25) is 15.2 Å². The quantitative estimate of drug-likeness (QED) is 0.887. The van der Waals surface area contributed by atoms with Crippen LogP contribution in [-0.2, 0) is 11.2 Å². The lowest BCUT2D eigenvalue weighted by Crippen LogP contribution is -2.31. The second-order valence-corrected chi connectivity index (χ2v) is 5.54. The smallest absolute Gasteiger partial charge is 0.224 e. The molecule has 5 nitrogen and oxygen atoms in total. The molecule has 112 valence electrons. The molecule has 21 heavy (non-hydrogen) atoms. The summed E-state index contributed by atoms with van der Waals surface area (Å²) in [7, 11) is 0. The van der Waals surface area contributed by atoms with E-state index in [1.807, 2.05) is 45.0 Å². The van der Waals surface area contributed by atoms with Crippen LogP contribution in [-0.4, -0.2) is 30.0 Å². The van der Waals surface area contributed by atoms with Gasteiger partial charge >= 0.3 is 0 Å². The molecule has 1 amide bonds. The fourth-order valence-electron chi connectivity index (χ4n) is 2.06. The molecule has 2 rings (SSSR count). The molecule has 0 bridgehead atoms. The fourth-order valence-corrected chi connectivity index (χ4v) is 2.06. The van der Waals surface area contributed by atoms with Crippen molar-refractivity contribution in [1.82, 2.24) is 10.7 Å². The lowest BCUT2D eigenvalue weighted by Gasteiger charge is -2.09. The third-order valence-corrected chi connectivity index (χ3v) is 3.14. The molecule has 0 saturated carbocycles. The van der Waals surface area contributed by atoms with Gasteiger partial charge in [0.2, 0.25) is 5.91 Å². The van der Waals surface area contributed by atoms with Crippen molar-refractivity contribution in [3.63, 3.8) is 0 Å². The average Bonchev–Trinajstić information content (AvgIpc) is 2.63. The van der Waals surface area contributed by atoms with Gasteiger partial charge in [0, 0.05) is 30.3 Å². The van der Waals surface area contributed by atoms with Crippen molar-refractivity contribution in [2.75, 3.05) is 6.54 Å². The zero-order valence-corrected chi connectivity index (χ0v) is 12.8. The van der Waals surface area contributed by atoms with Gasteiger partial charge < -0.3 is 5.32 Å². The first-order valence-corrected chi connectivity index (χ1v) is 7.27. The maximum absolute atomic E-state index is 11.7. The molecule has 1 heterocycles. The molecule has 1 aromatic carbocycles. The number of carbonyl (C=O) groups excluding carboxylic acids is 1. The number of nitrogens with zero attached hydrogens (tertiary/aromatic N) is 2. The molecule has 1 aliphatic heterocycles. The summed E-state index contributed by atoms with van der Waals surface area (Å²) in [6.45, 7) is 6.65. The molecule has 1 aliphatic rings. The number of carbonyl (C=O) groups is 1. The van der Waals surface area contributed by atoms with Gasteiger partial charge in [-0.15, -0.1) is 0 Å². The third kappa shape index (κ3) is 4.70. The summed E-state index contributed by atoms with van der Waals surface area (Å²) in [6.07, 6.45) is 1.28. The maximum atomic E-state index is 11.7. The Kier molecular flexibility index (Phi) is 5.09. The highest BCUT2D eigenvalue weighted by atomic mass is 16.1. The first kappa shape index (κ1) is 15.2. The Labute approximate surface area is 125 Å². The number of hydrogen-bond acceptors (Lipinski definition) is 4. The summed E-state index contributed by atoms with van der Waals surface area (Å²) < 4.78 is 0. The number of amides is 1. The van der Waals surface area contributed by atoms with Crippen LogP contribution in [0.4, 0.5) is 0 Å². The van der Waals surface area contributed by atoms with E-state index >= 15 is 0 Å². The molecule has 0 unspecified atom stereocenters. The molecule has 0 aromatic heterocycles. The Hall–Kier alpha value is -2.17. The average molecular weight is 286 g/mol. The van der Waals surface area contributed by atoms with Gasteiger partial charge in [-0.25, -0.2) is 0 Å². The molecule has 2 N–H and O–H groups in total. The Balaban J connectivity index is 2.02. The lowest BCUT2D eigenvalue weighted by molar-refractivity contribution is -0.120. The minimum Gasteiger partial charge on any atom is -0.354 e. The SMILES string of the molecule is CC1=NNC(c2ccc(CC(=O)NC(C)C)cc2)=NCC1. The van der Waals surface area contributed by atoms with Crippen molar-refractivity contribution >= 4 is 17.5 Å². The maximum Gasteiger partial charge on any atom is 0.224 e. The van der Waals surface area contributed by atoms with Crippen LogP contribution in [0.15, 0.2) is 34.4 Å². The zero-order chi connectivity index (χ0) is 15.2. The van der Waals surface area contributed by atoms with Crippen molar-refractivity contribution in [2.45, 2.75) is 39.7 Å². The topological polar surface area (TPSA) is 65.8 Å². The van der Waals surface area contributed by atoms with Gasteiger partial charge in [-0.1, -0.05) is 24.3 Å². The van der Waals surface area contributed by atoms with E-state index in [0.29, 0.717) is 6.42 Å². The van der Waals surface area contributed by atoms with E-state index < -0.39 is 0 Å². The number of hydrazone groups is 1. The number of aliphatic imine (C=N–C) groups is 1. The highest BCUT2D eigenvalue weighted by molar-refractivity contribution is 6.00. The van der Waals surface area contributed by atoms with Crippen LogP contribution in [0.5, 0.6) is 0 Å². The minimum absolute atomic E-state index is 0.0444. The normalized spacial score (nSPS) is 14.9. The van der Waals surface area contributed by atoms with Crippen LogP contribution >= 0.6 is 0 Å². The molecule has 0 spiro atoms. The van der Waals surface area contributed by atoms with Crippen molar-refractivity contribution < 1.29 is 4.79 Å².